The van der Waals surface area contributed by atoms with E-state index in [0.29, 0.717) is 0 Å². The van der Waals surface area contributed by atoms with Gasteiger partial charge in [0.05, 0.1) is 0 Å². The first kappa shape index (κ1) is 14.8. The standard InChI is InChI=1S/C2H6O2.2C2H5O.ClO.O.Zr/c1-2-4-3;2*1-2-3;1-2;;/h3H,2H2,1H3;2*2H2,1H3;;;/q;3*-1;;+4/p-1. The fourth-order valence-corrected chi connectivity index (χ4v) is 5.26. The molecule has 0 unspecified atom stereocenters. The SMILES string of the molecule is CCO[O][Zr](=[O])([O]Cl)([O]CC)[O]CC. The second-order valence-corrected chi connectivity index (χ2v) is 9.48. The third-order valence-corrected chi connectivity index (χ3v) is 8.00. The van der Waals surface area contributed by atoms with Gasteiger partial charge < -0.3 is 0 Å². The van der Waals surface area contributed by atoms with Crippen molar-refractivity contribution in [3.63, 3.8) is 0 Å². The summed E-state index contributed by atoms with van der Waals surface area (Å²) in [4.78, 5) is 4.52. The van der Waals surface area contributed by atoms with Crippen LogP contribution in [0.4, 0.5) is 0 Å². The first-order valence-corrected chi connectivity index (χ1v) is 9.65. The molecule has 8 heteroatoms. The topological polar surface area (TPSA) is 63.2 Å². The number of rotatable bonds is 8. The summed E-state index contributed by atoms with van der Waals surface area (Å²) in [6.45, 7) is 5.19. The Balaban J connectivity index is 4.66. The molecule has 0 radical (unpaired) electrons. The third-order valence-electron chi connectivity index (χ3n) is 1.20. The van der Waals surface area contributed by atoms with Crippen LogP contribution in [0.25, 0.3) is 0 Å². The fraction of sp³-hybridized carbons (Fsp3) is 1.00. The van der Waals surface area contributed by atoms with Gasteiger partial charge in [-0.05, 0) is 0 Å². The summed E-state index contributed by atoms with van der Waals surface area (Å²) in [5, 5.41) is 0. The van der Waals surface area contributed by atoms with Crippen molar-refractivity contribution >= 4 is 11.9 Å². The quantitative estimate of drug-likeness (QED) is 0.504. The summed E-state index contributed by atoms with van der Waals surface area (Å²) in [5.74, 6) is 0. The molecule has 0 bridgehead atoms. The zero-order valence-corrected chi connectivity index (χ0v) is 11.7. The molecule has 14 heavy (non-hydrogen) atoms. The Kier molecular flexibility index (Phi) is 6.73. The maximum absolute atomic E-state index is 12.1. The number of hydrogen-bond acceptors (Lipinski definition) is 6. The normalized spacial score (nSPS) is 13.2. The molecule has 0 saturated heterocycles. The van der Waals surface area contributed by atoms with Crippen molar-refractivity contribution in [2.75, 3.05) is 19.8 Å². The van der Waals surface area contributed by atoms with Crippen LogP contribution in [-0.2, 0) is 39.2 Å². The molecule has 86 valence electrons. The van der Waals surface area contributed by atoms with E-state index in [0.717, 1.165) is 0 Å². The van der Waals surface area contributed by atoms with Gasteiger partial charge in [-0.2, -0.15) is 0 Å². The molecule has 0 aliphatic carbocycles. The van der Waals surface area contributed by atoms with Gasteiger partial charge in [0.25, 0.3) is 0 Å². The zero-order valence-electron chi connectivity index (χ0n) is 8.45. The molecule has 0 rings (SSSR count). The van der Waals surface area contributed by atoms with Gasteiger partial charge in [-0.25, -0.2) is 0 Å². The van der Waals surface area contributed by atoms with Crippen molar-refractivity contribution < 1.29 is 39.2 Å². The van der Waals surface area contributed by atoms with E-state index in [1.54, 1.807) is 20.8 Å². The predicted octanol–water partition coefficient (Wildman–Crippen LogP) is 1.89. The molecule has 0 heterocycles. The Morgan fingerprint density at radius 2 is 1.57 bits per heavy atom. The third kappa shape index (κ3) is 4.10. The van der Waals surface area contributed by atoms with Crippen LogP contribution < -0.4 is 0 Å². The van der Waals surface area contributed by atoms with Crippen molar-refractivity contribution in [2.24, 2.45) is 0 Å². The molecular formula is C6H15ClO6Zr. The minimum atomic E-state index is -5.89. The van der Waals surface area contributed by atoms with Crippen molar-refractivity contribution in [3.8, 4) is 0 Å². The maximum atomic E-state index is 12.1. The van der Waals surface area contributed by atoms with E-state index in [1.807, 2.05) is 0 Å². The Morgan fingerprint density at radius 1 is 1.07 bits per heavy atom. The monoisotopic (exact) mass is 308 g/mol. The van der Waals surface area contributed by atoms with Crippen molar-refractivity contribution in [2.45, 2.75) is 20.8 Å². The Bertz CT molecular complexity index is 210. The average molecular weight is 310 g/mol. The second-order valence-electron chi connectivity index (χ2n) is 2.27. The first-order chi connectivity index (χ1) is 6.54. The van der Waals surface area contributed by atoms with Gasteiger partial charge in [0.1, 0.15) is 0 Å². The van der Waals surface area contributed by atoms with Gasteiger partial charge >= 0.3 is 91.7 Å². The number of halogens is 1. The van der Waals surface area contributed by atoms with Gasteiger partial charge in [0.15, 0.2) is 0 Å². The summed E-state index contributed by atoms with van der Waals surface area (Å²) in [6.07, 6.45) is 0. The van der Waals surface area contributed by atoms with E-state index < -0.39 is 20.5 Å². The predicted molar refractivity (Wildman–Crippen MR) is 43.6 cm³/mol. The summed E-state index contributed by atoms with van der Waals surface area (Å²) in [6, 6.07) is 0. The second kappa shape index (κ2) is 6.38. The molecule has 0 fully saturated rings. The molecule has 6 nitrogen and oxygen atoms in total. The fourth-order valence-electron chi connectivity index (χ4n) is 0.774. The van der Waals surface area contributed by atoms with Gasteiger partial charge in [-0.3, -0.25) is 0 Å². The van der Waals surface area contributed by atoms with E-state index in [-0.39, 0.29) is 19.8 Å². The molecule has 0 aromatic carbocycles. The molecule has 0 spiro atoms. The van der Waals surface area contributed by atoms with Crippen molar-refractivity contribution in [3.05, 3.63) is 0 Å². The summed E-state index contributed by atoms with van der Waals surface area (Å²) in [5.41, 5.74) is 0. The van der Waals surface area contributed by atoms with Gasteiger partial charge in [0.2, 0.25) is 0 Å². The molecule has 0 aromatic heterocycles. The van der Waals surface area contributed by atoms with Crippen molar-refractivity contribution in [1.82, 2.24) is 0 Å². The van der Waals surface area contributed by atoms with Gasteiger partial charge in [-0.1, -0.05) is 0 Å². The van der Waals surface area contributed by atoms with Crippen molar-refractivity contribution in [1.29, 1.82) is 0 Å². The average Bonchev–Trinajstić information content (AvgIpc) is 2.16. The Hall–Kier alpha value is 0.773. The molecule has 0 atom stereocenters. The van der Waals surface area contributed by atoms with E-state index in [2.05, 4.69) is 10.2 Å². The van der Waals surface area contributed by atoms with E-state index in [1.165, 1.54) is 0 Å². The molecule has 0 aliphatic rings. The van der Waals surface area contributed by atoms with Crippen LogP contribution in [0.3, 0.4) is 0 Å². The van der Waals surface area contributed by atoms with Crippen LogP contribution in [0.15, 0.2) is 0 Å². The van der Waals surface area contributed by atoms with Gasteiger partial charge in [0, 0.05) is 0 Å². The molecular weight excluding hydrogens is 295 g/mol. The first-order valence-electron chi connectivity index (χ1n) is 4.33. The van der Waals surface area contributed by atoms with E-state index in [4.69, 9.17) is 17.5 Å². The zero-order chi connectivity index (χ0) is 11.1. The molecule has 0 aromatic rings. The van der Waals surface area contributed by atoms with Crippen LogP contribution in [0.5, 0.6) is 0 Å². The molecule has 0 N–H and O–H groups in total. The summed E-state index contributed by atoms with van der Waals surface area (Å²) < 4.78 is 30.5. The molecule has 0 aliphatic heterocycles. The Morgan fingerprint density at radius 3 is 1.86 bits per heavy atom. The van der Waals surface area contributed by atoms with Crippen LogP contribution in [-0.4, -0.2) is 19.8 Å². The number of hydrogen-bond donors (Lipinski definition) is 0. The van der Waals surface area contributed by atoms with Crippen LogP contribution >= 0.6 is 11.9 Å². The molecule has 0 amide bonds. The Labute approximate surface area is 91.5 Å². The van der Waals surface area contributed by atoms with Crippen LogP contribution in [0.1, 0.15) is 20.8 Å². The minimum absolute atomic E-state index is 0.0779. The van der Waals surface area contributed by atoms with Gasteiger partial charge in [-0.15, -0.1) is 0 Å². The van der Waals surface area contributed by atoms with E-state index in [9.17, 15) is 2.81 Å². The summed E-state index contributed by atoms with van der Waals surface area (Å²) in [7, 11) is 0. The molecule has 0 saturated carbocycles. The van der Waals surface area contributed by atoms with Crippen LogP contribution in [0, 0.1) is 0 Å². The van der Waals surface area contributed by atoms with E-state index >= 15 is 0 Å². The van der Waals surface area contributed by atoms with Crippen LogP contribution in [0.2, 0.25) is 0 Å². The summed E-state index contributed by atoms with van der Waals surface area (Å²) >= 11 is -0.810.